The summed E-state index contributed by atoms with van der Waals surface area (Å²) in [7, 11) is 0. The van der Waals surface area contributed by atoms with E-state index in [4.69, 9.17) is 0 Å². The van der Waals surface area contributed by atoms with Gasteiger partial charge in [-0.3, -0.25) is 0 Å². The second-order valence-electron chi connectivity index (χ2n) is 0.556. The van der Waals surface area contributed by atoms with Crippen molar-refractivity contribution < 1.29 is 0 Å². The summed E-state index contributed by atoms with van der Waals surface area (Å²) < 4.78 is 5.33. The Morgan fingerprint density at radius 2 is 1.60 bits per heavy atom. The van der Waals surface area contributed by atoms with Gasteiger partial charge in [0.05, 0.1) is 11.7 Å². The highest BCUT2D eigenvalue weighted by Gasteiger charge is 1.48. The second-order valence-corrected chi connectivity index (χ2v) is 1.17. The van der Waals surface area contributed by atoms with Gasteiger partial charge in [-0.1, -0.05) is 0 Å². The Labute approximate surface area is 32.1 Å². The lowest BCUT2D eigenvalue weighted by atomic mass is 12.7. The Balaban J connectivity index is 3.13. The number of H-pyrrole nitrogens is 4. The first-order valence-corrected chi connectivity index (χ1v) is 1.97. The topological polar surface area (TPSA) is 63.2 Å². The van der Waals surface area contributed by atoms with Crippen LogP contribution < -0.4 is 0 Å². The van der Waals surface area contributed by atoms with E-state index in [2.05, 4.69) is 19.4 Å². The molecule has 0 aliphatic carbocycles. The van der Waals surface area contributed by atoms with Gasteiger partial charge >= 0.3 is 0 Å². The number of rotatable bonds is 0. The molecule has 1 aromatic rings. The van der Waals surface area contributed by atoms with Crippen molar-refractivity contribution in [2.75, 3.05) is 0 Å². The van der Waals surface area contributed by atoms with Crippen molar-refractivity contribution in [2.45, 2.75) is 0 Å². The van der Waals surface area contributed by atoms with Crippen molar-refractivity contribution in [3.8, 4) is 0 Å². The molecule has 0 spiro atoms. The molecule has 0 saturated carbocycles. The van der Waals surface area contributed by atoms with Gasteiger partial charge in [0.2, 0.25) is 0 Å². The molecule has 0 saturated heterocycles. The van der Waals surface area contributed by atoms with Gasteiger partial charge in [-0.25, -0.2) is 19.4 Å². The van der Waals surface area contributed by atoms with E-state index in [0.717, 1.165) is 0 Å². The van der Waals surface area contributed by atoms with Crippen LogP contribution in [-0.2, 0) is 0 Å². The number of hydrogen-bond donors (Lipinski definition) is 4. The predicted molar refractivity (Wildman–Crippen MR) is 19.3 cm³/mol. The Morgan fingerprint density at radius 1 is 1.00 bits per heavy atom. The van der Waals surface area contributed by atoms with Gasteiger partial charge in [0.1, 0.15) is 0 Å². The number of nitrogens with one attached hydrogen (secondary N) is 4. The van der Waals surface area contributed by atoms with Gasteiger partial charge in [0.15, 0.2) is 0 Å². The largest absolute Gasteiger partial charge is 0.224 e. The van der Waals surface area contributed by atoms with Crippen LogP contribution in [0.1, 0.15) is 0 Å². The molecule has 4 N–H and O–H groups in total. The fourth-order valence-electron chi connectivity index (χ4n) is 0.128. The molecule has 1 aromatic heterocycles. The average molecular weight is 92.1 g/mol. The van der Waals surface area contributed by atoms with Gasteiger partial charge in [-0.15, -0.1) is 0 Å². The molecule has 0 aromatic carbocycles. The maximum atomic E-state index is 2.67. The zero-order valence-electron chi connectivity index (χ0n) is 2.41. The van der Waals surface area contributed by atoms with Crippen LogP contribution in [0.15, 0.2) is 0 Å². The molecule has 1 heterocycles. The monoisotopic (exact) mass is 92.0 g/mol. The Hall–Kier alpha value is -0.580. The molecule has 0 unspecified atom stereocenters. The lowest BCUT2D eigenvalue weighted by Gasteiger charge is -1.54. The van der Waals surface area contributed by atoms with Crippen molar-refractivity contribution in [1.82, 2.24) is 19.4 Å². The van der Waals surface area contributed by atoms with Crippen molar-refractivity contribution in [2.24, 2.45) is 0 Å². The fraction of sp³-hybridized carbons (Fsp3) is 0. The molecular formula is H4N4S. The minimum absolute atomic E-state index is 1.35. The highest BCUT2D eigenvalue weighted by atomic mass is 32.1. The van der Waals surface area contributed by atoms with Crippen LogP contribution in [0.2, 0.25) is 0 Å². The SMILES string of the molecule is [nH]1[nH][nH]s[nH]1. The minimum atomic E-state index is 1.35. The second kappa shape index (κ2) is 1.03. The molecule has 5 heteroatoms. The standard InChI is InChI=1S/H4N4S/c1-2-4-5-3-1/h1-4H. The van der Waals surface area contributed by atoms with Crippen LogP contribution in [0, 0.1) is 0 Å². The van der Waals surface area contributed by atoms with Crippen LogP contribution in [-0.4, -0.2) is 19.4 Å². The zero-order valence-corrected chi connectivity index (χ0v) is 3.22. The summed E-state index contributed by atoms with van der Waals surface area (Å²) in [6.07, 6.45) is 0. The third kappa shape index (κ3) is 0.353. The summed E-state index contributed by atoms with van der Waals surface area (Å²) in [5, 5.41) is 5.15. The predicted octanol–water partition coefficient (Wildman–Crippen LogP) is 0.185. The molecule has 5 heavy (non-hydrogen) atoms. The quantitative estimate of drug-likeness (QED) is 0.353. The summed E-state index contributed by atoms with van der Waals surface area (Å²) in [4.78, 5) is 0. The summed E-state index contributed by atoms with van der Waals surface area (Å²) in [6.45, 7) is 0. The van der Waals surface area contributed by atoms with E-state index >= 15 is 0 Å². The van der Waals surface area contributed by atoms with Gasteiger partial charge in [-0.2, -0.15) is 0 Å². The Morgan fingerprint density at radius 3 is 1.80 bits per heavy atom. The van der Waals surface area contributed by atoms with E-state index in [1.165, 1.54) is 11.7 Å². The van der Waals surface area contributed by atoms with Crippen molar-refractivity contribution in [3.05, 3.63) is 0 Å². The van der Waals surface area contributed by atoms with Crippen LogP contribution in [0.25, 0.3) is 0 Å². The average Bonchev–Trinajstić information content (AvgIpc) is 1.76. The summed E-state index contributed by atoms with van der Waals surface area (Å²) in [6, 6.07) is 0. The first-order valence-electron chi connectivity index (χ1n) is 1.16. The molecular weight excluding hydrogens is 88.1 g/mol. The maximum absolute atomic E-state index is 2.67. The van der Waals surface area contributed by atoms with E-state index in [-0.39, 0.29) is 0 Å². The van der Waals surface area contributed by atoms with E-state index in [1.54, 1.807) is 0 Å². The highest BCUT2D eigenvalue weighted by molar-refractivity contribution is 6.98. The molecule has 0 bridgehead atoms. The molecule has 30 valence electrons. The zero-order chi connectivity index (χ0) is 3.54. The minimum Gasteiger partial charge on any atom is -0.224 e. The highest BCUT2D eigenvalue weighted by Crippen LogP contribution is 1.62. The van der Waals surface area contributed by atoms with E-state index in [0.29, 0.717) is 0 Å². The van der Waals surface area contributed by atoms with Crippen molar-refractivity contribution in [3.63, 3.8) is 0 Å². The summed E-state index contributed by atoms with van der Waals surface area (Å²) >= 11 is 1.35. The van der Waals surface area contributed by atoms with Crippen LogP contribution in [0.3, 0.4) is 0 Å². The van der Waals surface area contributed by atoms with Crippen molar-refractivity contribution >= 4 is 11.7 Å². The van der Waals surface area contributed by atoms with Gasteiger partial charge in [0, 0.05) is 0 Å². The first kappa shape index (κ1) is 2.65. The number of aromatic amines is 4. The number of hydrogen-bond acceptors (Lipinski definition) is 1. The molecule has 0 aliphatic heterocycles. The van der Waals surface area contributed by atoms with Gasteiger partial charge in [-0.05, 0) is 0 Å². The Kier molecular flexibility index (Phi) is 0.543. The molecule has 0 atom stereocenters. The normalized spacial score (nSPS) is 8.00. The van der Waals surface area contributed by atoms with E-state index in [1.807, 2.05) is 0 Å². The maximum Gasteiger partial charge on any atom is 0.0527 e. The summed E-state index contributed by atoms with van der Waals surface area (Å²) in [5.74, 6) is 0. The van der Waals surface area contributed by atoms with E-state index in [9.17, 15) is 0 Å². The molecule has 0 radical (unpaired) electrons. The fourth-order valence-corrected chi connectivity index (χ4v) is 0.383. The van der Waals surface area contributed by atoms with Gasteiger partial charge in [0.25, 0.3) is 0 Å². The smallest absolute Gasteiger partial charge is 0.0527 e. The van der Waals surface area contributed by atoms with E-state index < -0.39 is 0 Å². The Bertz CT molecular complexity index is 60.1. The number of aromatic nitrogens is 4. The third-order valence-electron chi connectivity index (χ3n) is 0.267. The molecule has 4 nitrogen and oxygen atoms in total. The molecule has 0 fully saturated rings. The van der Waals surface area contributed by atoms with Crippen LogP contribution in [0.4, 0.5) is 0 Å². The van der Waals surface area contributed by atoms with Crippen LogP contribution in [0.5, 0.6) is 0 Å². The van der Waals surface area contributed by atoms with Gasteiger partial charge < -0.3 is 0 Å². The lowest BCUT2D eigenvalue weighted by molar-refractivity contribution is 0.881. The molecule has 0 aliphatic rings. The molecule has 1 rings (SSSR count). The summed E-state index contributed by atoms with van der Waals surface area (Å²) in [5.41, 5.74) is 0. The molecule has 0 amide bonds. The third-order valence-corrected chi connectivity index (χ3v) is 0.675. The lowest BCUT2D eigenvalue weighted by Crippen LogP contribution is -1.64. The van der Waals surface area contributed by atoms with Crippen LogP contribution >= 0.6 is 11.7 Å². The van der Waals surface area contributed by atoms with Crippen molar-refractivity contribution in [1.29, 1.82) is 0 Å². The first-order chi connectivity index (χ1) is 2.50.